The van der Waals surface area contributed by atoms with Crippen LogP contribution in [-0.2, 0) is 0 Å². The lowest BCUT2D eigenvalue weighted by Gasteiger charge is -2.00. The second-order valence-electron chi connectivity index (χ2n) is 5.21. The van der Waals surface area contributed by atoms with Crippen molar-refractivity contribution in [3.63, 3.8) is 0 Å². The van der Waals surface area contributed by atoms with E-state index in [2.05, 4.69) is 30.3 Å². The highest BCUT2D eigenvalue weighted by Crippen LogP contribution is 2.42. The quantitative estimate of drug-likeness (QED) is 0.510. The Morgan fingerprint density at radius 3 is 2.92 bits per heavy atom. The van der Waals surface area contributed by atoms with Gasteiger partial charge < -0.3 is 18.9 Å². The molecule has 0 amide bonds. The molecule has 0 saturated heterocycles. The first kappa shape index (κ1) is 13.9. The normalized spacial score (nSPS) is 11.2. The lowest BCUT2D eigenvalue weighted by molar-refractivity contribution is 0.393. The Balaban J connectivity index is 1.67. The van der Waals surface area contributed by atoms with Gasteiger partial charge in [0, 0.05) is 22.4 Å². The van der Waals surface area contributed by atoms with E-state index in [9.17, 15) is 0 Å². The molecule has 0 aliphatic heterocycles. The van der Waals surface area contributed by atoms with Crippen LogP contribution in [0.25, 0.3) is 44.8 Å². The highest BCUT2D eigenvalue weighted by Gasteiger charge is 2.23. The molecule has 0 aliphatic rings. The van der Waals surface area contributed by atoms with Crippen LogP contribution in [-0.4, -0.2) is 30.3 Å². The first-order valence-corrected chi connectivity index (χ1v) is 8.26. The van der Waals surface area contributed by atoms with Crippen LogP contribution >= 0.6 is 11.3 Å². The summed E-state index contributed by atoms with van der Waals surface area (Å²) in [7, 11) is 0. The van der Waals surface area contributed by atoms with Gasteiger partial charge in [0.05, 0.1) is 34.2 Å². The van der Waals surface area contributed by atoms with Crippen molar-refractivity contribution >= 4 is 11.3 Å². The van der Waals surface area contributed by atoms with Crippen LogP contribution in [0.1, 0.15) is 0 Å². The second-order valence-corrected chi connectivity index (χ2v) is 6.09. The van der Waals surface area contributed by atoms with Gasteiger partial charge in [0.1, 0.15) is 17.8 Å². The maximum absolute atomic E-state index is 5.45. The van der Waals surface area contributed by atoms with Crippen molar-refractivity contribution in [2.75, 3.05) is 0 Å². The number of aromatic nitrogens is 6. The fourth-order valence-electron chi connectivity index (χ4n) is 2.65. The fourth-order valence-corrected chi connectivity index (χ4v) is 3.65. The molecule has 8 nitrogen and oxygen atoms in total. The zero-order chi connectivity index (χ0) is 16.6. The van der Waals surface area contributed by atoms with Crippen LogP contribution in [0.2, 0.25) is 0 Å². The first-order chi connectivity index (χ1) is 12.4. The second kappa shape index (κ2) is 5.56. The van der Waals surface area contributed by atoms with E-state index >= 15 is 0 Å². The maximum Gasteiger partial charge on any atom is 0.227 e. The molecule has 0 radical (unpaired) electrons. The van der Waals surface area contributed by atoms with E-state index in [1.807, 2.05) is 23.7 Å². The number of hydrogen-bond donors (Lipinski definition) is 2. The number of thiophene rings is 1. The summed E-state index contributed by atoms with van der Waals surface area (Å²) in [5, 5.41) is 9.58. The number of nitrogens with zero attached hydrogens (tertiary/aromatic N) is 4. The van der Waals surface area contributed by atoms with Crippen LogP contribution in [0, 0.1) is 0 Å². The largest absolute Gasteiger partial charge is 0.444 e. The maximum atomic E-state index is 5.45. The third-order valence-corrected chi connectivity index (χ3v) is 4.74. The van der Waals surface area contributed by atoms with Gasteiger partial charge in [-0.15, -0.1) is 16.4 Å². The van der Waals surface area contributed by atoms with Gasteiger partial charge in [0.2, 0.25) is 5.89 Å². The van der Waals surface area contributed by atoms with Gasteiger partial charge >= 0.3 is 0 Å². The molecule has 5 rings (SSSR count). The summed E-state index contributed by atoms with van der Waals surface area (Å²) in [6.45, 7) is 0. The average Bonchev–Trinajstić information content (AvgIpc) is 3.48. The van der Waals surface area contributed by atoms with Crippen LogP contribution in [0.5, 0.6) is 0 Å². The summed E-state index contributed by atoms with van der Waals surface area (Å²) in [6, 6.07) is 3.92. The lowest BCUT2D eigenvalue weighted by atomic mass is 10.1. The van der Waals surface area contributed by atoms with Gasteiger partial charge in [-0.3, -0.25) is 0 Å². The molecule has 25 heavy (non-hydrogen) atoms. The van der Waals surface area contributed by atoms with Crippen LogP contribution in [0.4, 0.5) is 0 Å². The molecule has 0 unspecified atom stereocenters. The predicted molar refractivity (Wildman–Crippen MR) is 90.5 cm³/mol. The molecule has 2 N–H and O–H groups in total. The SMILES string of the molecule is c1c[nH]c(-c2cnc(-c3scc(-c4ncco4)c3-c3conn3)[nH]2)c1. The fraction of sp³-hybridized carbons (Fsp3) is 0. The van der Waals surface area contributed by atoms with Gasteiger partial charge in [-0.2, -0.15) is 0 Å². The molecule has 122 valence electrons. The van der Waals surface area contributed by atoms with E-state index in [1.165, 1.54) is 23.9 Å². The topological polar surface area (TPSA) is 109 Å². The summed E-state index contributed by atoms with van der Waals surface area (Å²) >= 11 is 1.52. The molecule has 0 saturated carbocycles. The van der Waals surface area contributed by atoms with Crippen LogP contribution < -0.4 is 0 Å². The van der Waals surface area contributed by atoms with Crippen molar-refractivity contribution in [3.05, 3.63) is 48.6 Å². The molecule has 0 bridgehead atoms. The highest BCUT2D eigenvalue weighted by atomic mass is 32.1. The monoisotopic (exact) mass is 350 g/mol. The van der Waals surface area contributed by atoms with Crippen molar-refractivity contribution < 1.29 is 8.94 Å². The summed E-state index contributed by atoms with van der Waals surface area (Å²) in [5.74, 6) is 1.24. The molecule has 0 atom stereocenters. The average molecular weight is 350 g/mol. The Morgan fingerprint density at radius 1 is 1.16 bits per heavy atom. The number of hydrogen-bond acceptors (Lipinski definition) is 7. The van der Waals surface area contributed by atoms with Gasteiger partial charge in [-0.05, 0) is 12.1 Å². The van der Waals surface area contributed by atoms with Crippen molar-refractivity contribution in [1.29, 1.82) is 0 Å². The molecule has 0 aliphatic carbocycles. The molecule has 5 heterocycles. The van der Waals surface area contributed by atoms with E-state index in [0.717, 1.165) is 33.2 Å². The van der Waals surface area contributed by atoms with Gasteiger partial charge in [0.15, 0.2) is 6.26 Å². The molecule has 0 spiro atoms. The van der Waals surface area contributed by atoms with Crippen LogP contribution in [0.3, 0.4) is 0 Å². The van der Waals surface area contributed by atoms with E-state index in [0.29, 0.717) is 11.6 Å². The number of H-pyrrole nitrogens is 2. The van der Waals surface area contributed by atoms with Gasteiger partial charge in [-0.25, -0.2) is 9.97 Å². The number of nitrogens with one attached hydrogen (secondary N) is 2. The van der Waals surface area contributed by atoms with E-state index < -0.39 is 0 Å². The Morgan fingerprint density at radius 2 is 2.16 bits per heavy atom. The smallest absolute Gasteiger partial charge is 0.227 e. The molecule has 5 aromatic rings. The number of rotatable bonds is 4. The third-order valence-electron chi connectivity index (χ3n) is 3.75. The van der Waals surface area contributed by atoms with Gasteiger partial charge in [0.25, 0.3) is 0 Å². The lowest BCUT2D eigenvalue weighted by Crippen LogP contribution is -1.86. The van der Waals surface area contributed by atoms with E-state index in [-0.39, 0.29) is 0 Å². The number of imidazole rings is 1. The standard InChI is InChI=1S/C16H10N6O2S/c1-2-10(17-3-1)11-6-19-15(20-11)14-13(12-7-24-22-21-12)9(8-25-14)16-18-4-5-23-16/h1-8,17H,(H,19,20). The summed E-state index contributed by atoms with van der Waals surface area (Å²) in [6.07, 6.45) is 8.29. The minimum atomic E-state index is 0.511. The minimum absolute atomic E-state index is 0.511. The minimum Gasteiger partial charge on any atom is -0.444 e. The summed E-state index contributed by atoms with van der Waals surface area (Å²) < 4.78 is 10.4. The van der Waals surface area contributed by atoms with Gasteiger partial charge in [-0.1, -0.05) is 0 Å². The molecule has 5 aromatic heterocycles. The van der Waals surface area contributed by atoms with Crippen LogP contribution in [0.15, 0.2) is 57.6 Å². The molecule has 0 fully saturated rings. The molecule has 9 heteroatoms. The Bertz CT molecular complexity index is 1090. The Labute approximate surface area is 144 Å². The zero-order valence-electron chi connectivity index (χ0n) is 12.6. The first-order valence-electron chi connectivity index (χ1n) is 7.38. The third kappa shape index (κ3) is 2.29. The molecule has 0 aromatic carbocycles. The predicted octanol–water partition coefficient (Wildman–Crippen LogP) is 3.84. The van der Waals surface area contributed by atoms with Crippen molar-refractivity contribution in [3.8, 4) is 44.8 Å². The number of oxazole rings is 1. The highest BCUT2D eigenvalue weighted by molar-refractivity contribution is 7.14. The van der Waals surface area contributed by atoms with E-state index in [4.69, 9.17) is 8.94 Å². The Kier molecular flexibility index (Phi) is 3.10. The van der Waals surface area contributed by atoms with E-state index in [1.54, 1.807) is 12.4 Å². The van der Waals surface area contributed by atoms with Crippen molar-refractivity contribution in [2.45, 2.75) is 0 Å². The number of aromatic amines is 2. The molecular formula is C16H10N6O2S. The molecular weight excluding hydrogens is 340 g/mol. The summed E-state index contributed by atoms with van der Waals surface area (Å²) in [5.41, 5.74) is 4.10. The summed E-state index contributed by atoms with van der Waals surface area (Å²) in [4.78, 5) is 16.1. The van der Waals surface area contributed by atoms with Crippen molar-refractivity contribution in [1.82, 2.24) is 30.3 Å². The van der Waals surface area contributed by atoms with Crippen molar-refractivity contribution in [2.24, 2.45) is 0 Å². The zero-order valence-corrected chi connectivity index (χ0v) is 13.4. The Hall–Kier alpha value is -3.46.